The summed E-state index contributed by atoms with van der Waals surface area (Å²) < 4.78 is 3.10. The van der Waals surface area contributed by atoms with Gasteiger partial charge in [0.15, 0.2) is 5.82 Å². The van der Waals surface area contributed by atoms with Gasteiger partial charge in [-0.2, -0.15) is 10.4 Å². The molecule has 2 heterocycles. The number of aromatic nitrogens is 3. The minimum absolute atomic E-state index is 0.0708. The number of hydrogen-bond donors (Lipinski definition) is 0. The van der Waals surface area contributed by atoms with Gasteiger partial charge in [-0.1, -0.05) is 12.1 Å². The van der Waals surface area contributed by atoms with Gasteiger partial charge in [0, 0.05) is 18.5 Å². The summed E-state index contributed by atoms with van der Waals surface area (Å²) >= 11 is 0. The molecular formula is C14H9N5O2. The lowest BCUT2D eigenvalue weighted by atomic mass is 10.2. The number of nitro groups is 1. The molecule has 7 nitrogen and oxygen atoms in total. The number of para-hydroxylation sites is 2. The molecule has 0 saturated heterocycles. The normalized spacial score (nSPS) is 10.2. The molecule has 21 heavy (non-hydrogen) atoms. The third-order valence-electron chi connectivity index (χ3n) is 3.02. The molecule has 0 N–H and O–H groups in total. The molecule has 0 fully saturated rings. The van der Waals surface area contributed by atoms with Gasteiger partial charge >= 0.3 is 0 Å². The lowest BCUT2D eigenvalue weighted by Gasteiger charge is -2.09. The van der Waals surface area contributed by atoms with Crippen LogP contribution in [0.1, 0.15) is 5.56 Å². The van der Waals surface area contributed by atoms with Crippen molar-refractivity contribution in [1.82, 2.24) is 14.3 Å². The van der Waals surface area contributed by atoms with Crippen LogP contribution in [0.5, 0.6) is 0 Å². The van der Waals surface area contributed by atoms with E-state index in [1.54, 1.807) is 47.3 Å². The summed E-state index contributed by atoms with van der Waals surface area (Å²) in [5.74, 6) is 0.469. The van der Waals surface area contributed by atoms with Crippen LogP contribution >= 0.6 is 0 Å². The van der Waals surface area contributed by atoms with Gasteiger partial charge in [0.1, 0.15) is 17.3 Å². The maximum Gasteiger partial charge on any atom is 0.294 e. The molecule has 0 saturated carbocycles. The standard InChI is InChI=1S/C14H9N5O2/c15-9-11-10-16-18(14(11)17-7-3-4-8-17)12-5-1-2-6-13(12)19(20)21/h1-8,10H. The van der Waals surface area contributed by atoms with Crippen LogP contribution in [-0.4, -0.2) is 19.3 Å². The molecule has 3 aromatic rings. The number of nitrogens with zero attached hydrogens (tertiary/aromatic N) is 5. The molecule has 0 aliphatic heterocycles. The summed E-state index contributed by atoms with van der Waals surface area (Å²) in [6, 6.07) is 11.9. The van der Waals surface area contributed by atoms with E-state index < -0.39 is 4.92 Å². The highest BCUT2D eigenvalue weighted by Crippen LogP contribution is 2.26. The minimum Gasteiger partial charge on any atom is -0.307 e. The van der Waals surface area contributed by atoms with Crippen LogP contribution in [0.4, 0.5) is 5.69 Å². The van der Waals surface area contributed by atoms with Crippen LogP contribution in [0, 0.1) is 21.4 Å². The average Bonchev–Trinajstić information content (AvgIpc) is 3.15. The van der Waals surface area contributed by atoms with Gasteiger partial charge in [-0.05, 0) is 18.2 Å². The summed E-state index contributed by atoms with van der Waals surface area (Å²) in [6.45, 7) is 0. The van der Waals surface area contributed by atoms with Gasteiger partial charge in [-0.15, -0.1) is 0 Å². The Morgan fingerprint density at radius 2 is 1.90 bits per heavy atom. The monoisotopic (exact) mass is 279 g/mol. The van der Waals surface area contributed by atoms with Crippen molar-refractivity contribution in [2.45, 2.75) is 0 Å². The van der Waals surface area contributed by atoms with Crippen LogP contribution in [0.3, 0.4) is 0 Å². The summed E-state index contributed by atoms with van der Waals surface area (Å²) in [5.41, 5.74) is 0.579. The zero-order valence-electron chi connectivity index (χ0n) is 10.7. The van der Waals surface area contributed by atoms with E-state index in [1.807, 2.05) is 6.07 Å². The fourth-order valence-electron chi connectivity index (χ4n) is 2.12. The van der Waals surface area contributed by atoms with Crippen molar-refractivity contribution in [3.8, 4) is 17.6 Å². The van der Waals surface area contributed by atoms with E-state index in [-0.39, 0.29) is 5.69 Å². The van der Waals surface area contributed by atoms with Crippen LogP contribution in [0.2, 0.25) is 0 Å². The molecule has 7 heteroatoms. The highest BCUT2D eigenvalue weighted by molar-refractivity contribution is 5.57. The Hall–Kier alpha value is -3.40. The lowest BCUT2D eigenvalue weighted by molar-refractivity contribution is -0.384. The number of benzene rings is 1. The first-order chi connectivity index (χ1) is 10.2. The van der Waals surface area contributed by atoms with Gasteiger partial charge in [0.25, 0.3) is 5.69 Å². The molecule has 0 radical (unpaired) electrons. The maximum absolute atomic E-state index is 11.2. The molecule has 0 unspecified atom stereocenters. The van der Waals surface area contributed by atoms with Crippen LogP contribution in [0.15, 0.2) is 55.0 Å². The first-order valence-corrected chi connectivity index (χ1v) is 6.07. The Balaban J connectivity index is 2.29. The summed E-state index contributed by atoms with van der Waals surface area (Å²) in [6.07, 6.45) is 4.90. The van der Waals surface area contributed by atoms with Gasteiger partial charge in [0.05, 0.1) is 11.1 Å². The molecule has 2 aromatic heterocycles. The van der Waals surface area contributed by atoms with Crippen molar-refractivity contribution in [1.29, 1.82) is 5.26 Å². The second-order valence-corrected chi connectivity index (χ2v) is 4.24. The van der Waals surface area contributed by atoms with Crippen molar-refractivity contribution in [3.63, 3.8) is 0 Å². The van der Waals surface area contributed by atoms with Crippen molar-refractivity contribution in [3.05, 3.63) is 70.7 Å². The predicted molar refractivity (Wildman–Crippen MR) is 74.3 cm³/mol. The van der Waals surface area contributed by atoms with E-state index in [9.17, 15) is 15.4 Å². The number of hydrogen-bond acceptors (Lipinski definition) is 4. The number of nitriles is 1. The van der Waals surface area contributed by atoms with Crippen molar-refractivity contribution in [2.75, 3.05) is 0 Å². The highest BCUT2D eigenvalue weighted by Gasteiger charge is 2.20. The van der Waals surface area contributed by atoms with E-state index in [0.29, 0.717) is 17.1 Å². The Labute approximate surface area is 119 Å². The quantitative estimate of drug-likeness (QED) is 0.544. The Morgan fingerprint density at radius 1 is 1.19 bits per heavy atom. The topological polar surface area (TPSA) is 89.7 Å². The molecule has 0 aliphatic carbocycles. The molecule has 1 aromatic carbocycles. The summed E-state index contributed by atoms with van der Waals surface area (Å²) in [5, 5.41) is 24.5. The molecular weight excluding hydrogens is 270 g/mol. The van der Waals surface area contributed by atoms with E-state index in [2.05, 4.69) is 5.10 Å². The molecule has 102 valence electrons. The number of rotatable bonds is 3. The van der Waals surface area contributed by atoms with E-state index >= 15 is 0 Å². The predicted octanol–water partition coefficient (Wildman–Crippen LogP) is 2.44. The Bertz CT molecular complexity index is 843. The maximum atomic E-state index is 11.2. The fraction of sp³-hybridized carbons (Fsp3) is 0. The van der Waals surface area contributed by atoms with Crippen molar-refractivity contribution < 1.29 is 4.92 Å². The fourth-order valence-corrected chi connectivity index (χ4v) is 2.12. The van der Waals surface area contributed by atoms with Crippen molar-refractivity contribution >= 4 is 5.69 Å². The van der Waals surface area contributed by atoms with Gasteiger partial charge in [-0.25, -0.2) is 4.68 Å². The van der Waals surface area contributed by atoms with Gasteiger partial charge < -0.3 is 4.57 Å². The van der Waals surface area contributed by atoms with E-state index in [0.717, 1.165) is 0 Å². The third-order valence-corrected chi connectivity index (χ3v) is 3.02. The second kappa shape index (κ2) is 4.94. The number of nitro benzene ring substituents is 1. The van der Waals surface area contributed by atoms with E-state index in [4.69, 9.17) is 0 Å². The highest BCUT2D eigenvalue weighted by atomic mass is 16.6. The molecule has 0 atom stereocenters. The zero-order valence-corrected chi connectivity index (χ0v) is 10.7. The molecule has 0 amide bonds. The molecule has 0 bridgehead atoms. The van der Waals surface area contributed by atoms with Crippen LogP contribution in [-0.2, 0) is 0 Å². The SMILES string of the molecule is N#Cc1cnn(-c2ccccc2[N+](=O)[O-])c1-n1cccc1. The molecule has 3 rings (SSSR count). The molecule has 0 aliphatic rings. The summed E-state index contributed by atoms with van der Waals surface area (Å²) in [7, 11) is 0. The summed E-state index contributed by atoms with van der Waals surface area (Å²) in [4.78, 5) is 10.7. The van der Waals surface area contributed by atoms with Crippen LogP contribution < -0.4 is 0 Å². The van der Waals surface area contributed by atoms with Gasteiger partial charge in [0.2, 0.25) is 0 Å². The third kappa shape index (κ3) is 2.04. The smallest absolute Gasteiger partial charge is 0.294 e. The average molecular weight is 279 g/mol. The Kier molecular flexibility index (Phi) is 2.97. The first kappa shape index (κ1) is 12.6. The van der Waals surface area contributed by atoms with Gasteiger partial charge in [-0.3, -0.25) is 10.1 Å². The van der Waals surface area contributed by atoms with E-state index in [1.165, 1.54) is 16.9 Å². The van der Waals surface area contributed by atoms with Crippen molar-refractivity contribution in [2.24, 2.45) is 0 Å². The second-order valence-electron chi connectivity index (χ2n) is 4.24. The largest absolute Gasteiger partial charge is 0.307 e. The molecule has 0 spiro atoms. The lowest BCUT2D eigenvalue weighted by Crippen LogP contribution is -2.07. The van der Waals surface area contributed by atoms with Crippen LogP contribution in [0.25, 0.3) is 11.5 Å². The Morgan fingerprint density at radius 3 is 2.57 bits per heavy atom. The zero-order chi connectivity index (χ0) is 14.8. The first-order valence-electron chi connectivity index (χ1n) is 6.07. The minimum atomic E-state index is -0.470.